The summed E-state index contributed by atoms with van der Waals surface area (Å²) in [6, 6.07) is 0. The lowest BCUT2D eigenvalue weighted by Gasteiger charge is -2.26. The molecule has 1 heterocycles. The molecule has 1 N–H and O–H groups in total. The lowest BCUT2D eigenvalue weighted by atomic mass is 9.87. The predicted octanol–water partition coefficient (Wildman–Crippen LogP) is 1.57. The summed E-state index contributed by atoms with van der Waals surface area (Å²) in [5.41, 5.74) is 0.226. The third-order valence-electron chi connectivity index (χ3n) is 2.28. The van der Waals surface area contributed by atoms with Crippen LogP contribution in [0.15, 0.2) is 0 Å². The van der Waals surface area contributed by atoms with Crippen molar-refractivity contribution in [3.63, 3.8) is 0 Å². The summed E-state index contributed by atoms with van der Waals surface area (Å²) < 4.78 is 5.62. The van der Waals surface area contributed by atoms with Crippen molar-refractivity contribution < 1.29 is 9.84 Å². The van der Waals surface area contributed by atoms with E-state index in [4.69, 9.17) is 9.84 Å². The van der Waals surface area contributed by atoms with Crippen molar-refractivity contribution in [2.75, 3.05) is 6.61 Å². The van der Waals surface area contributed by atoms with Crippen LogP contribution < -0.4 is 0 Å². The van der Waals surface area contributed by atoms with Gasteiger partial charge in [0.2, 0.25) is 0 Å². The molecule has 1 fully saturated rings. The van der Waals surface area contributed by atoms with E-state index in [1.807, 2.05) is 0 Å². The van der Waals surface area contributed by atoms with E-state index in [9.17, 15) is 0 Å². The van der Waals surface area contributed by atoms with Gasteiger partial charge in [0.25, 0.3) is 0 Å². The number of aliphatic hydroxyl groups excluding tert-OH is 1. The number of hydrogen-bond donors (Lipinski definition) is 1. The SMILES string of the molecule is CC(C)(C)[C@@H]1CC[C@@H](CO)O1. The Morgan fingerprint density at radius 1 is 1.36 bits per heavy atom. The van der Waals surface area contributed by atoms with E-state index in [1.165, 1.54) is 0 Å². The minimum absolute atomic E-state index is 0.0965. The average Bonchev–Trinajstić information content (AvgIpc) is 2.32. The van der Waals surface area contributed by atoms with Crippen LogP contribution in [-0.4, -0.2) is 23.9 Å². The second-order valence-corrected chi connectivity index (χ2v) is 4.37. The van der Waals surface area contributed by atoms with Crippen LogP contribution >= 0.6 is 0 Å². The largest absolute Gasteiger partial charge is 0.394 e. The fourth-order valence-electron chi connectivity index (χ4n) is 1.48. The smallest absolute Gasteiger partial charge is 0.0810 e. The Kier molecular flexibility index (Phi) is 2.55. The molecule has 0 amide bonds. The van der Waals surface area contributed by atoms with Gasteiger partial charge in [-0.15, -0.1) is 0 Å². The van der Waals surface area contributed by atoms with E-state index >= 15 is 0 Å². The summed E-state index contributed by atoms with van der Waals surface area (Å²) in [4.78, 5) is 0. The van der Waals surface area contributed by atoms with Crippen LogP contribution in [0.5, 0.6) is 0 Å². The Bertz CT molecular complexity index is 126. The monoisotopic (exact) mass is 158 g/mol. The Labute approximate surface area is 68.6 Å². The predicted molar refractivity (Wildman–Crippen MR) is 44.4 cm³/mol. The normalized spacial score (nSPS) is 32.7. The quantitative estimate of drug-likeness (QED) is 0.627. The van der Waals surface area contributed by atoms with Crippen LogP contribution in [0.4, 0.5) is 0 Å². The van der Waals surface area contributed by atoms with E-state index in [0.717, 1.165) is 12.8 Å². The zero-order valence-electron chi connectivity index (χ0n) is 7.63. The lowest BCUT2D eigenvalue weighted by Crippen LogP contribution is -2.27. The molecule has 0 aromatic heterocycles. The molecule has 1 aliphatic rings. The molecule has 0 unspecified atom stereocenters. The van der Waals surface area contributed by atoms with Gasteiger partial charge in [-0.1, -0.05) is 20.8 Å². The van der Waals surface area contributed by atoms with Crippen molar-refractivity contribution in [2.45, 2.75) is 45.8 Å². The van der Waals surface area contributed by atoms with Crippen LogP contribution in [0.3, 0.4) is 0 Å². The minimum atomic E-state index is 0.0965. The van der Waals surface area contributed by atoms with Gasteiger partial charge in [0.05, 0.1) is 18.8 Å². The van der Waals surface area contributed by atoms with Gasteiger partial charge in [-0.3, -0.25) is 0 Å². The first-order valence-corrected chi connectivity index (χ1v) is 4.30. The molecular formula is C9H18O2. The van der Waals surface area contributed by atoms with Crippen molar-refractivity contribution in [1.82, 2.24) is 0 Å². The number of hydrogen-bond acceptors (Lipinski definition) is 2. The third kappa shape index (κ3) is 2.17. The van der Waals surface area contributed by atoms with Crippen molar-refractivity contribution in [3.05, 3.63) is 0 Å². The van der Waals surface area contributed by atoms with Crippen LogP contribution in [-0.2, 0) is 4.74 Å². The van der Waals surface area contributed by atoms with E-state index in [2.05, 4.69) is 20.8 Å². The van der Waals surface area contributed by atoms with Crippen molar-refractivity contribution in [2.24, 2.45) is 5.41 Å². The topological polar surface area (TPSA) is 29.5 Å². The van der Waals surface area contributed by atoms with Gasteiger partial charge in [-0.05, 0) is 18.3 Å². The van der Waals surface area contributed by atoms with Crippen LogP contribution in [0.1, 0.15) is 33.6 Å². The van der Waals surface area contributed by atoms with Gasteiger partial charge in [-0.25, -0.2) is 0 Å². The molecule has 1 rings (SSSR count). The molecular weight excluding hydrogens is 140 g/mol. The lowest BCUT2D eigenvalue weighted by molar-refractivity contribution is -0.0352. The van der Waals surface area contributed by atoms with E-state index < -0.39 is 0 Å². The Morgan fingerprint density at radius 3 is 2.27 bits per heavy atom. The summed E-state index contributed by atoms with van der Waals surface area (Å²) in [6.45, 7) is 6.71. The molecule has 0 bridgehead atoms. The maximum Gasteiger partial charge on any atom is 0.0810 e. The molecule has 2 heteroatoms. The molecule has 0 aliphatic carbocycles. The fraction of sp³-hybridized carbons (Fsp3) is 1.00. The first-order valence-electron chi connectivity index (χ1n) is 4.30. The number of ether oxygens (including phenoxy) is 1. The molecule has 0 aromatic rings. The first kappa shape index (κ1) is 9.01. The fourth-order valence-corrected chi connectivity index (χ4v) is 1.48. The third-order valence-corrected chi connectivity index (χ3v) is 2.28. The molecule has 0 saturated carbocycles. The van der Waals surface area contributed by atoms with Gasteiger partial charge < -0.3 is 9.84 Å². The summed E-state index contributed by atoms with van der Waals surface area (Å²) in [5.74, 6) is 0. The van der Waals surface area contributed by atoms with Gasteiger partial charge in [0.1, 0.15) is 0 Å². The highest BCUT2D eigenvalue weighted by Crippen LogP contribution is 2.32. The van der Waals surface area contributed by atoms with E-state index in [-0.39, 0.29) is 18.1 Å². The van der Waals surface area contributed by atoms with Gasteiger partial charge >= 0.3 is 0 Å². The van der Waals surface area contributed by atoms with Crippen LogP contribution in [0.25, 0.3) is 0 Å². The Balaban J connectivity index is 2.42. The second kappa shape index (κ2) is 3.11. The molecule has 1 saturated heterocycles. The molecule has 0 aromatic carbocycles. The van der Waals surface area contributed by atoms with Gasteiger partial charge in [0.15, 0.2) is 0 Å². The second-order valence-electron chi connectivity index (χ2n) is 4.37. The van der Waals surface area contributed by atoms with Crippen molar-refractivity contribution >= 4 is 0 Å². The summed E-state index contributed by atoms with van der Waals surface area (Å²) in [6.07, 6.45) is 2.53. The highest BCUT2D eigenvalue weighted by atomic mass is 16.5. The number of rotatable bonds is 1. The Hall–Kier alpha value is -0.0800. The summed E-state index contributed by atoms with van der Waals surface area (Å²) in [5, 5.41) is 8.82. The zero-order valence-corrected chi connectivity index (χ0v) is 7.63. The van der Waals surface area contributed by atoms with Crippen molar-refractivity contribution in [3.8, 4) is 0 Å². The van der Waals surface area contributed by atoms with Crippen molar-refractivity contribution in [1.29, 1.82) is 0 Å². The van der Waals surface area contributed by atoms with Gasteiger partial charge in [0, 0.05) is 0 Å². The Morgan fingerprint density at radius 2 is 2.00 bits per heavy atom. The first-order chi connectivity index (χ1) is 5.04. The average molecular weight is 158 g/mol. The van der Waals surface area contributed by atoms with E-state index in [0.29, 0.717) is 6.10 Å². The molecule has 66 valence electrons. The van der Waals surface area contributed by atoms with Crippen LogP contribution in [0, 0.1) is 5.41 Å². The molecule has 11 heavy (non-hydrogen) atoms. The van der Waals surface area contributed by atoms with Crippen LogP contribution in [0.2, 0.25) is 0 Å². The summed E-state index contributed by atoms with van der Waals surface area (Å²) >= 11 is 0. The standard InChI is InChI=1S/C9H18O2/c1-9(2,3)8-5-4-7(6-10)11-8/h7-8,10H,4-6H2,1-3H3/t7-,8-/m0/s1. The highest BCUT2D eigenvalue weighted by molar-refractivity contribution is 4.82. The molecule has 0 radical (unpaired) electrons. The maximum absolute atomic E-state index is 8.82. The molecule has 2 atom stereocenters. The highest BCUT2D eigenvalue weighted by Gasteiger charge is 2.33. The minimum Gasteiger partial charge on any atom is -0.394 e. The van der Waals surface area contributed by atoms with E-state index in [1.54, 1.807) is 0 Å². The number of aliphatic hydroxyl groups is 1. The molecule has 2 nitrogen and oxygen atoms in total. The molecule has 1 aliphatic heterocycles. The van der Waals surface area contributed by atoms with Gasteiger partial charge in [-0.2, -0.15) is 0 Å². The maximum atomic E-state index is 8.82. The molecule has 0 spiro atoms. The summed E-state index contributed by atoms with van der Waals surface area (Å²) in [7, 11) is 0. The zero-order chi connectivity index (χ0) is 8.48.